The standard InChI is InChI=1S/C30H35F6N3O5Si/c1-17-23(19-8-10-21(32)24(33)25(19)41-3)26(44-29(17,2)30(34,35)36)27(40)38-18-7-9-20(31)22(15-18)43-28-37-11-12-39(28)16-42-13-14-45(4,5)6/h7-12,15,17,23,26H,13-14,16H2,1-6H3,(H,38,40)/t17-,23-,26+,29+/m0/s1. The smallest absolute Gasteiger partial charge is 0.417 e. The molecular formula is C30H35F6N3O5Si. The van der Waals surface area contributed by atoms with Gasteiger partial charge in [-0.3, -0.25) is 9.36 Å². The predicted octanol–water partition coefficient (Wildman–Crippen LogP) is 7.49. The normalized spacial score (nSPS) is 22.0. The monoisotopic (exact) mass is 659 g/mol. The van der Waals surface area contributed by atoms with Gasteiger partial charge in [0.05, 0.1) is 7.11 Å². The van der Waals surface area contributed by atoms with Crippen LogP contribution in [0.1, 0.15) is 25.3 Å². The molecule has 1 saturated heterocycles. The van der Waals surface area contributed by atoms with Crippen molar-refractivity contribution in [1.82, 2.24) is 9.55 Å². The van der Waals surface area contributed by atoms with Crippen LogP contribution >= 0.6 is 0 Å². The van der Waals surface area contributed by atoms with Gasteiger partial charge in [0.25, 0.3) is 5.91 Å². The quantitative estimate of drug-likeness (QED) is 0.131. The third-order valence-electron chi connectivity index (χ3n) is 7.87. The summed E-state index contributed by atoms with van der Waals surface area (Å²) in [5.41, 5.74) is -3.05. The van der Waals surface area contributed by atoms with Gasteiger partial charge < -0.3 is 24.3 Å². The lowest BCUT2D eigenvalue weighted by atomic mass is 9.77. The van der Waals surface area contributed by atoms with Gasteiger partial charge in [0, 0.05) is 56.2 Å². The lowest BCUT2D eigenvalue weighted by Gasteiger charge is -2.32. The first-order valence-corrected chi connectivity index (χ1v) is 17.8. The molecular weight excluding hydrogens is 624 g/mol. The Hall–Kier alpha value is -3.56. The van der Waals surface area contributed by atoms with Gasteiger partial charge in [-0.2, -0.15) is 17.6 Å². The zero-order valence-electron chi connectivity index (χ0n) is 25.6. The van der Waals surface area contributed by atoms with Crippen molar-refractivity contribution >= 4 is 19.7 Å². The van der Waals surface area contributed by atoms with Crippen molar-refractivity contribution in [3.8, 4) is 17.5 Å². The third kappa shape index (κ3) is 7.30. The third-order valence-corrected chi connectivity index (χ3v) is 9.58. The number of hydrogen-bond acceptors (Lipinski definition) is 6. The second-order valence-electron chi connectivity index (χ2n) is 12.2. The molecule has 3 aromatic rings. The van der Waals surface area contributed by atoms with E-state index < -0.39 is 66.9 Å². The number of rotatable bonds is 11. The number of carbonyl (C=O) groups excluding carboxylic acids is 1. The number of imidazole rings is 1. The van der Waals surface area contributed by atoms with Gasteiger partial charge in [-0.1, -0.05) is 32.6 Å². The fourth-order valence-electron chi connectivity index (χ4n) is 5.05. The van der Waals surface area contributed by atoms with E-state index >= 15 is 0 Å². The zero-order chi connectivity index (χ0) is 33.3. The van der Waals surface area contributed by atoms with Crippen molar-refractivity contribution in [3.05, 3.63) is 65.7 Å². The number of halogens is 6. The van der Waals surface area contributed by atoms with Crippen molar-refractivity contribution in [1.29, 1.82) is 0 Å². The van der Waals surface area contributed by atoms with Gasteiger partial charge >= 0.3 is 12.2 Å². The Morgan fingerprint density at radius 3 is 2.47 bits per heavy atom. The van der Waals surface area contributed by atoms with Gasteiger partial charge in [-0.15, -0.1) is 0 Å². The molecule has 8 nitrogen and oxygen atoms in total. The number of anilines is 1. The van der Waals surface area contributed by atoms with Crippen LogP contribution in [0.2, 0.25) is 25.7 Å². The van der Waals surface area contributed by atoms with Crippen LogP contribution in [-0.4, -0.2) is 55.1 Å². The first-order chi connectivity index (χ1) is 21.0. The first kappa shape index (κ1) is 34.3. The predicted molar refractivity (Wildman–Crippen MR) is 156 cm³/mol. The highest BCUT2D eigenvalue weighted by Gasteiger charge is 2.66. The van der Waals surface area contributed by atoms with Crippen molar-refractivity contribution in [2.75, 3.05) is 19.0 Å². The largest absolute Gasteiger partial charge is 0.493 e. The molecule has 4 atom stereocenters. The lowest BCUT2D eigenvalue weighted by molar-refractivity contribution is -0.272. The summed E-state index contributed by atoms with van der Waals surface area (Å²) in [5, 5.41) is 2.44. The van der Waals surface area contributed by atoms with E-state index in [0.29, 0.717) is 6.61 Å². The van der Waals surface area contributed by atoms with Gasteiger partial charge in [0.1, 0.15) is 12.8 Å². The highest BCUT2D eigenvalue weighted by molar-refractivity contribution is 6.76. The number of amides is 1. The molecule has 1 N–H and O–H groups in total. The van der Waals surface area contributed by atoms with Crippen LogP contribution < -0.4 is 14.8 Å². The number of alkyl halides is 3. The maximum Gasteiger partial charge on any atom is 0.417 e. The van der Waals surface area contributed by atoms with Gasteiger partial charge in [0.15, 0.2) is 28.7 Å². The maximum atomic E-state index is 14.8. The van der Waals surface area contributed by atoms with Gasteiger partial charge in [-0.25, -0.2) is 13.8 Å². The molecule has 1 aromatic heterocycles. The van der Waals surface area contributed by atoms with E-state index in [-0.39, 0.29) is 29.7 Å². The van der Waals surface area contributed by atoms with Crippen molar-refractivity contribution in [2.24, 2.45) is 5.92 Å². The first-order valence-electron chi connectivity index (χ1n) is 14.1. The van der Waals surface area contributed by atoms with Gasteiger partial charge in [-0.05, 0) is 31.2 Å². The molecule has 1 amide bonds. The number of carbonyl (C=O) groups is 1. The Kier molecular flexibility index (Phi) is 9.95. The summed E-state index contributed by atoms with van der Waals surface area (Å²) in [4.78, 5) is 17.6. The summed E-state index contributed by atoms with van der Waals surface area (Å²) in [5.74, 6) is -8.36. The lowest BCUT2D eigenvalue weighted by Crippen LogP contribution is -2.47. The number of aromatic nitrogens is 2. The van der Waals surface area contributed by atoms with E-state index in [0.717, 1.165) is 44.3 Å². The maximum absolute atomic E-state index is 14.8. The Morgan fingerprint density at radius 1 is 1.13 bits per heavy atom. The van der Waals surface area contributed by atoms with Crippen LogP contribution in [-0.2, 0) is 21.0 Å². The fourth-order valence-corrected chi connectivity index (χ4v) is 5.81. The summed E-state index contributed by atoms with van der Waals surface area (Å²) in [6, 6.07) is 6.05. The SMILES string of the molecule is COc1c([C@H]2[C@H](C(=O)Nc3ccc(F)c(Oc4nccn4COCC[Si](C)(C)C)c3)O[C@@](C)(C(F)(F)F)[C@H]2C)ccc(F)c1F. The number of benzene rings is 2. The molecule has 0 spiro atoms. The van der Waals surface area contributed by atoms with Crippen molar-refractivity contribution in [3.63, 3.8) is 0 Å². The van der Waals surface area contributed by atoms with Crippen molar-refractivity contribution in [2.45, 2.75) is 70.1 Å². The van der Waals surface area contributed by atoms with Crippen LogP contribution in [0.3, 0.4) is 0 Å². The van der Waals surface area contributed by atoms with Gasteiger partial charge in [0.2, 0.25) is 5.82 Å². The Labute approximate surface area is 257 Å². The molecule has 15 heteroatoms. The van der Waals surface area contributed by atoms with E-state index in [9.17, 15) is 31.1 Å². The molecule has 1 fully saturated rings. The Bertz CT molecular complexity index is 1530. The van der Waals surface area contributed by atoms with E-state index in [4.69, 9.17) is 18.9 Å². The Balaban J connectivity index is 1.58. The zero-order valence-corrected chi connectivity index (χ0v) is 26.6. The summed E-state index contributed by atoms with van der Waals surface area (Å²) >= 11 is 0. The molecule has 2 heterocycles. The molecule has 1 aliphatic rings. The molecule has 4 rings (SSSR count). The van der Waals surface area contributed by atoms with Crippen molar-refractivity contribution < 1.29 is 50.1 Å². The molecule has 1 aliphatic heterocycles. The number of nitrogens with one attached hydrogen (secondary N) is 1. The summed E-state index contributed by atoms with van der Waals surface area (Å²) < 4.78 is 109. The molecule has 45 heavy (non-hydrogen) atoms. The summed E-state index contributed by atoms with van der Waals surface area (Å²) in [6.45, 7) is 9.25. The minimum absolute atomic E-state index is 0.00442. The molecule has 2 aromatic carbocycles. The summed E-state index contributed by atoms with van der Waals surface area (Å²) in [7, 11) is -0.281. The molecule has 0 aliphatic carbocycles. The highest BCUT2D eigenvalue weighted by atomic mass is 28.3. The van der Waals surface area contributed by atoms with Crippen LogP contribution in [0, 0.1) is 23.4 Å². The van der Waals surface area contributed by atoms with E-state index in [1.807, 2.05) is 0 Å². The molecule has 0 radical (unpaired) electrons. The van der Waals surface area contributed by atoms with E-state index in [2.05, 4.69) is 29.9 Å². The number of hydrogen-bond donors (Lipinski definition) is 1. The molecule has 0 saturated carbocycles. The number of methoxy groups -OCH3 is 1. The number of ether oxygens (including phenoxy) is 4. The fraction of sp³-hybridized carbons (Fsp3) is 0.467. The Morgan fingerprint density at radius 2 is 1.82 bits per heavy atom. The minimum Gasteiger partial charge on any atom is -0.493 e. The molecule has 0 bridgehead atoms. The van der Waals surface area contributed by atoms with Crippen LogP contribution in [0.5, 0.6) is 17.5 Å². The summed E-state index contributed by atoms with van der Waals surface area (Å²) in [6.07, 6.45) is -3.74. The topological polar surface area (TPSA) is 83.8 Å². The minimum atomic E-state index is -4.93. The highest BCUT2D eigenvalue weighted by Crippen LogP contribution is 2.55. The average Bonchev–Trinajstić information content (AvgIpc) is 3.51. The van der Waals surface area contributed by atoms with Crippen LogP contribution in [0.4, 0.5) is 32.0 Å². The second kappa shape index (κ2) is 13.0. The van der Waals surface area contributed by atoms with Crippen LogP contribution in [0.15, 0.2) is 42.7 Å². The number of nitrogens with zero attached hydrogens (tertiary/aromatic N) is 2. The second-order valence-corrected chi connectivity index (χ2v) is 17.8. The molecule has 246 valence electrons. The van der Waals surface area contributed by atoms with E-state index in [1.165, 1.54) is 23.8 Å². The van der Waals surface area contributed by atoms with E-state index in [1.54, 1.807) is 6.20 Å². The average molecular weight is 660 g/mol. The molecule has 0 unspecified atom stereocenters. The van der Waals surface area contributed by atoms with Crippen LogP contribution in [0.25, 0.3) is 0 Å².